The average molecular weight is 467 g/mol. The van der Waals surface area contributed by atoms with E-state index in [1.165, 1.54) is 18.4 Å². The highest BCUT2D eigenvalue weighted by molar-refractivity contribution is 6.31. The number of carbonyl (C=O) groups is 1. The maximum absolute atomic E-state index is 13.3. The number of aliphatic hydroxyl groups is 1. The van der Waals surface area contributed by atoms with E-state index in [1.807, 2.05) is 36.4 Å². The summed E-state index contributed by atoms with van der Waals surface area (Å²) in [5.41, 5.74) is 1.70. The number of benzene rings is 2. The van der Waals surface area contributed by atoms with Crippen LogP contribution in [0.25, 0.3) is 0 Å². The van der Waals surface area contributed by atoms with E-state index in [9.17, 15) is 15.0 Å². The Kier molecular flexibility index (Phi) is 5.02. The van der Waals surface area contributed by atoms with Gasteiger partial charge in [-0.3, -0.25) is 9.69 Å². The highest BCUT2D eigenvalue weighted by atomic mass is 35.5. The highest BCUT2D eigenvalue weighted by Gasteiger charge is 2.68. The third-order valence-electron chi connectivity index (χ3n) is 8.79. The zero-order valence-electron chi connectivity index (χ0n) is 18.8. The van der Waals surface area contributed by atoms with Crippen molar-refractivity contribution in [2.45, 2.75) is 62.1 Å². The van der Waals surface area contributed by atoms with Gasteiger partial charge < -0.3 is 15.5 Å². The minimum atomic E-state index is -0.965. The summed E-state index contributed by atoms with van der Waals surface area (Å²) in [6.45, 7) is 2.36. The fourth-order valence-electron chi connectivity index (χ4n) is 6.98. The number of phenolic OH excluding ortho intramolecular Hbond substituents is 1. The number of piperidine rings is 1. The molecule has 33 heavy (non-hydrogen) atoms. The van der Waals surface area contributed by atoms with Gasteiger partial charge in [-0.2, -0.15) is 0 Å². The monoisotopic (exact) mass is 466 g/mol. The van der Waals surface area contributed by atoms with E-state index in [0.717, 1.165) is 43.0 Å². The molecule has 3 fully saturated rings. The Morgan fingerprint density at radius 2 is 2.00 bits per heavy atom. The third kappa shape index (κ3) is 3.39. The lowest BCUT2D eigenvalue weighted by molar-refractivity contribution is -0.134. The molecule has 2 aromatic rings. The lowest BCUT2D eigenvalue weighted by Gasteiger charge is -2.59. The topological polar surface area (TPSA) is 72.8 Å². The summed E-state index contributed by atoms with van der Waals surface area (Å²) in [6, 6.07) is 13.2. The van der Waals surface area contributed by atoms with Crippen molar-refractivity contribution in [3.05, 3.63) is 64.2 Å². The molecule has 2 saturated carbocycles. The number of hydrogen-bond donors (Lipinski definition) is 3. The van der Waals surface area contributed by atoms with Crippen LogP contribution in [-0.4, -0.2) is 45.8 Å². The number of amides is 1. The molecular weight excluding hydrogens is 436 g/mol. The lowest BCUT2D eigenvalue weighted by atomic mass is 9.56. The maximum Gasteiger partial charge on any atom is 0.223 e. The van der Waals surface area contributed by atoms with Crippen LogP contribution in [-0.2, 0) is 23.2 Å². The SMILES string of the molecule is O=C(NCc1ccccc1Cl)[C@@H]1C[C@]23CCN(CC4CC4)[C@H](Cc4ccc(O)cc42)[C@]3(O)C1. The molecule has 2 aromatic carbocycles. The molecule has 3 aliphatic carbocycles. The fraction of sp³-hybridized carbons (Fsp3) is 0.519. The molecule has 0 spiro atoms. The normalized spacial score (nSPS) is 32.8. The second-order valence-electron chi connectivity index (χ2n) is 10.7. The first-order chi connectivity index (χ1) is 15.9. The van der Waals surface area contributed by atoms with Gasteiger partial charge in [-0.15, -0.1) is 0 Å². The number of nitrogens with one attached hydrogen (secondary N) is 1. The molecule has 5 nitrogen and oxygen atoms in total. The number of carbonyl (C=O) groups excluding carboxylic acids is 1. The van der Waals surface area contributed by atoms with Gasteiger partial charge in [0.2, 0.25) is 5.91 Å². The van der Waals surface area contributed by atoms with Crippen LogP contribution < -0.4 is 5.32 Å². The van der Waals surface area contributed by atoms with Crippen molar-refractivity contribution in [3.8, 4) is 5.75 Å². The largest absolute Gasteiger partial charge is 0.508 e. The van der Waals surface area contributed by atoms with Crippen LogP contribution in [0.15, 0.2) is 42.5 Å². The number of rotatable bonds is 5. The fourth-order valence-corrected chi connectivity index (χ4v) is 7.19. The summed E-state index contributed by atoms with van der Waals surface area (Å²) in [4.78, 5) is 15.8. The number of nitrogens with zero attached hydrogens (tertiary/aromatic N) is 1. The van der Waals surface area contributed by atoms with E-state index in [1.54, 1.807) is 6.07 Å². The van der Waals surface area contributed by atoms with Crippen molar-refractivity contribution >= 4 is 17.5 Å². The van der Waals surface area contributed by atoms with Gasteiger partial charge in [0.1, 0.15) is 5.75 Å². The van der Waals surface area contributed by atoms with E-state index in [0.29, 0.717) is 24.4 Å². The molecule has 2 bridgehead atoms. The Hall–Kier alpha value is -2.08. The van der Waals surface area contributed by atoms with Gasteiger partial charge in [-0.1, -0.05) is 35.9 Å². The summed E-state index contributed by atoms with van der Waals surface area (Å²) in [7, 11) is 0. The standard InChI is InChI=1S/C27H31ClN2O3/c28-23-4-2-1-3-19(23)15-29-25(32)20-13-26-9-10-30(16-17-5-6-17)24(27(26,33)14-20)11-18-7-8-21(31)12-22(18)26/h1-4,7-8,12,17,20,24,31,33H,5-6,9-11,13-16H2,(H,29,32)/t20-,24-,26-,27-/m1/s1. The summed E-state index contributed by atoms with van der Waals surface area (Å²) < 4.78 is 0. The van der Waals surface area contributed by atoms with Crippen molar-refractivity contribution in [1.82, 2.24) is 10.2 Å². The second kappa shape index (κ2) is 7.72. The van der Waals surface area contributed by atoms with Crippen LogP contribution in [0.5, 0.6) is 5.75 Å². The van der Waals surface area contributed by atoms with E-state index in [4.69, 9.17) is 11.6 Å². The molecule has 1 heterocycles. The van der Waals surface area contributed by atoms with Crippen molar-refractivity contribution < 1.29 is 15.0 Å². The molecule has 0 unspecified atom stereocenters. The van der Waals surface area contributed by atoms with Crippen molar-refractivity contribution in [1.29, 1.82) is 0 Å². The predicted octanol–water partition coefficient (Wildman–Crippen LogP) is 3.78. The molecule has 1 aliphatic heterocycles. The molecule has 0 aromatic heterocycles. The lowest BCUT2D eigenvalue weighted by Crippen LogP contribution is -2.69. The quantitative estimate of drug-likeness (QED) is 0.627. The molecular formula is C27H31ClN2O3. The smallest absolute Gasteiger partial charge is 0.223 e. The molecule has 1 saturated heterocycles. The Bertz CT molecular complexity index is 1100. The number of likely N-dealkylation sites (tertiary alicyclic amines) is 1. The number of hydrogen-bond acceptors (Lipinski definition) is 4. The number of aromatic hydroxyl groups is 1. The van der Waals surface area contributed by atoms with E-state index in [2.05, 4.69) is 10.2 Å². The van der Waals surface area contributed by atoms with Gasteiger partial charge >= 0.3 is 0 Å². The van der Waals surface area contributed by atoms with Gasteiger partial charge in [-0.25, -0.2) is 0 Å². The maximum atomic E-state index is 13.3. The molecule has 4 aliphatic rings. The Morgan fingerprint density at radius 3 is 2.79 bits per heavy atom. The minimum Gasteiger partial charge on any atom is -0.508 e. The average Bonchev–Trinajstić information content (AvgIpc) is 3.54. The van der Waals surface area contributed by atoms with Crippen LogP contribution in [0.4, 0.5) is 0 Å². The summed E-state index contributed by atoms with van der Waals surface area (Å²) in [6.07, 6.45) is 5.23. The van der Waals surface area contributed by atoms with E-state index >= 15 is 0 Å². The second-order valence-corrected chi connectivity index (χ2v) is 11.1. The van der Waals surface area contributed by atoms with Crippen LogP contribution in [0, 0.1) is 11.8 Å². The van der Waals surface area contributed by atoms with Crippen LogP contribution in [0.2, 0.25) is 5.02 Å². The third-order valence-corrected chi connectivity index (χ3v) is 9.16. The summed E-state index contributed by atoms with van der Waals surface area (Å²) in [5.74, 6) is 0.691. The minimum absolute atomic E-state index is 0.0188. The number of halogens is 1. The Morgan fingerprint density at radius 1 is 1.18 bits per heavy atom. The molecule has 174 valence electrons. The van der Waals surface area contributed by atoms with E-state index < -0.39 is 11.0 Å². The van der Waals surface area contributed by atoms with Gasteiger partial charge in [0, 0.05) is 35.5 Å². The first kappa shape index (κ1) is 21.5. The van der Waals surface area contributed by atoms with Crippen LogP contribution >= 0.6 is 11.6 Å². The van der Waals surface area contributed by atoms with Gasteiger partial charge in [0.25, 0.3) is 0 Å². The molecule has 6 rings (SSSR count). The number of fused-ring (bicyclic) bond motifs is 1. The van der Waals surface area contributed by atoms with Gasteiger partial charge in [0.05, 0.1) is 5.60 Å². The van der Waals surface area contributed by atoms with Crippen molar-refractivity contribution in [3.63, 3.8) is 0 Å². The molecule has 6 heteroatoms. The predicted molar refractivity (Wildman–Crippen MR) is 127 cm³/mol. The van der Waals surface area contributed by atoms with Gasteiger partial charge in [0.15, 0.2) is 0 Å². The molecule has 3 N–H and O–H groups in total. The van der Waals surface area contributed by atoms with Gasteiger partial charge in [-0.05, 0) is 85.9 Å². The van der Waals surface area contributed by atoms with E-state index in [-0.39, 0.29) is 23.6 Å². The van der Waals surface area contributed by atoms with Crippen LogP contribution in [0.3, 0.4) is 0 Å². The molecule has 4 atom stereocenters. The summed E-state index contributed by atoms with van der Waals surface area (Å²) >= 11 is 6.27. The van der Waals surface area contributed by atoms with Crippen LogP contribution in [0.1, 0.15) is 48.8 Å². The van der Waals surface area contributed by atoms with Crippen molar-refractivity contribution in [2.24, 2.45) is 11.8 Å². The zero-order valence-corrected chi connectivity index (χ0v) is 19.5. The number of phenols is 1. The first-order valence-electron chi connectivity index (χ1n) is 12.2. The van der Waals surface area contributed by atoms with Crippen molar-refractivity contribution in [2.75, 3.05) is 13.1 Å². The Labute approximate surface area is 199 Å². The first-order valence-corrected chi connectivity index (χ1v) is 12.6. The zero-order chi connectivity index (χ0) is 22.8. The molecule has 1 amide bonds. The summed E-state index contributed by atoms with van der Waals surface area (Å²) in [5, 5.41) is 26.4. The highest BCUT2D eigenvalue weighted by Crippen LogP contribution is 2.62. The Balaban J connectivity index is 1.31. The molecule has 0 radical (unpaired) electrons.